The van der Waals surface area contributed by atoms with Crippen LogP contribution in [0.25, 0.3) is 11.1 Å². The number of carbonyl (C=O) groups is 1. The molecule has 0 spiro atoms. The molecule has 1 aliphatic rings. The van der Waals surface area contributed by atoms with E-state index in [1.165, 1.54) is 12.1 Å². The van der Waals surface area contributed by atoms with Crippen LogP contribution in [0.1, 0.15) is 30.5 Å². The Hall–Kier alpha value is -3.02. The quantitative estimate of drug-likeness (QED) is 0.616. The number of ether oxygens (including phenoxy) is 1. The lowest BCUT2D eigenvalue weighted by molar-refractivity contribution is -0.139. The smallest absolute Gasteiger partial charge is 0.239 e. The fourth-order valence-electron chi connectivity index (χ4n) is 3.90. The third-order valence-corrected chi connectivity index (χ3v) is 5.82. The number of carbonyl (C=O) groups excluding carboxylic acids is 1. The summed E-state index contributed by atoms with van der Waals surface area (Å²) in [7, 11) is 0. The Morgan fingerprint density at radius 2 is 1.68 bits per heavy atom. The van der Waals surface area contributed by atoms with Gasteiger partial charge in [0.2, 0.25) is 5.91 Å². The average molecular weight is 419 g/mol. The van der Waals surface area contributed by atoms with Gasteiger partial charge in [0, 0.05) is 5.69 Å². The predicted molar refractivity (Wildman–Crippen MR) is 119 cm³/mol. The first-order valence-corrected chi connectivity index (χ1v) is 10.3. The maximum atomic E-state index is 13.2. The molecule has 0 bridgehead atoms. The van der Waals surface area contributed by atoms with Gasteiger partial charge in [0.25, 0.3) is 0 Å². The van der Waals surface area contributed by atoms with Crippen LogP contribution in [0.2, 0.25) is 0 Å². The number of anilines is 1. The third-order valence-electron chi connectivity index (χ3n) is 5.82. The van der Waals surface area contributed by atoms with Crippen LogP contribution in [0.4, 0.5) is 10.1 Å². The van der Waals surface area contributed by atoms with Gasteiger partial charge >= 0.3 is 0 Å². The summed E-state index contributed by atoms with van der Waals surface area (Å²) in [5, 5.41) is 13.5. The summed E-state index contributed by atoms with van der Waals surface area (Å²) < 4.78 is 18.6. The molecule has 1 heterocycles. The van der Waals surface area contributed by atoms with E-state index in [4.69, 9.17) is 4.74 Å². The highest BCUT2D eigenvalue weighted by atomic mass is 19.1. The van der Waals surface area contributed by atoms with Gasteiger partial charge in [0.1, 0.15) is 11.2 Å². The van der Waals surface area contributed by atoms with Gasteiger partial charge in [-0.15, -0.1) is 0 Å². The molecule has 31 heavy (non-hydrogen) atoms. The summed E-state index contributed by atoms with van der Waals surface area (Å²) in [5.74, 6) is -0.526. The van der Waals surface area contributed by atoms with Crippen molar-refractivity contribution in [2.24, 2.45) is 0 Å². The van der Waals surface area contributed by atoms with Crippen LogP contribution >= 0.6 is 0 Å². The zero-order valence-corrected chi connectivity index (χ0v) is 17.9. The number of rotatable bonds is 5. The van der Waals surface area contributed by atoms with Crippen molar-refractivity contribution in [2.45, 2.75) is 31.8 Å². The minimum atomic E-state index is -0.974. The Bertz CT molecular complexity index is 1090. The Labute approximate surface area is 181 Å². The van der Waals surface area contributed by atoms with Gasteiger partial charge in [-0.3, -0.25) is 4.79 Å². The Balaban J connectivity index is 1.63. The molecule has 0 unspecified atom stereocenters. The van der Waals surface area contributed by atoms with E-state index in [-0.39, 0.29) is 11.7 Å². The number of hydrogen-bond donors (Lipinski definition) is 2. The van der Waals surface area contributed by atoms with Crippen LogP contribution in [0.5, 0.6) is 0 Å². The minimum absolute atomic E-state index is 0.175. The molecule has 5 heteroatoms. The fourth-order valence-corrected chi connectivity index (χ4v) is 3.90. The molecule has 0 atom stereocenters. The molecule has 1 fully saturated rings. The van der Waals surface area contributed by atoms with E-state index in [1.54, 1.807) is 26.0 Å². The van der Waals surface area contributed by atoms with E-state index < -0.39 is 11.0 Å². The van der Waals surface area contributed by atoms with Gasteiger partial charge in [0.05, 0.1) is 18.8 Å². The summed E-state index contributed by atoms with van der Waals surface area (Å²) in [5.41, 5.74) is 3.52. The average Bonchev–Trinajstić information content (AvgIpc) is 2.69. The lowest BCUT2D eigenvalue weighted by atomic mass is 9.77. The molecule has 160 valence electrons. The van der Waals surface area contributed by atoms with Crippen molar-refractivity contribution in [3.8, 4) is 11.1 Å². The Morgan fingerprint density at radius 1 is 1.03 bits per heavy atom. The van der Waals surface area contributed by atoms with Gasteiger partial charge in [-0.25, -0.2) is 4.39 Å². The molecule has 3 aromatic rings. The van der Waals surface area contributed by atoms with Crippen LogP contribution in [-0.4, -0.2) is 24.2 Å². The summed E-state index contributed by atoms with van der Waals surface area (Å²) in [6, 6.07) is 19.6. The first kappa shape index (κ1) is 21.2. The molecule has 4 nitrogen and oxygen atoms in total. The molecule has 0 radical (unpaired) electrons. The molecule has 1 aliphatic heterocycles. The van der Waals surface area contributed by atoms with Gasteiger partial charge < -0.3 is 15.2 Å². The van der Waals surface area contributed by atoms with Crippen LogP contribution in [0, 0.1) is 12.7 Å². The number of halogens is 1. The summed E-state index contributed by atoms with van der Waals surface area (Å²) in [6.45, 7) is 6.14. The molecule has 0 aliphatic carbocycles. The number of aliphatic hydroxyl groups is 1. The van der Waals surface area contributed by atoms with Crippen LogP contribution < -0.4 is 5.32 Å². The normalized spacial score (nSPS) is 15.3. The van der Waals surface area contributed by atoms with E-state index in [0.717, 1.165) is 27.8 Å². The molecule has 0 aromatic heterocycles. The second kappa shape index (κ2) is 7.91. The largest absolute Gasteiger partial charge is 0.386 e. The monoisotopic (exact) mass is 419 g/mol. The van der Waals surface area contributed by atoms with E-state index in [1.807, 2.05) is 49.4 Å². The molecule has 2 N–H and O–H groups in total. The molecule has 3 aromatic carbocycles. The van der Waals surface area contributed by atoms with Crippen molar-refractivity contribution in [2.75, 3.05) is 18.5 Å². The van der Waals surface area contributed by atoms with Crippen molar-refractivity contribution < 1.29 is 19.0 Å². The zero-order valence-electron chi connectivity index (χ0n) is 17.9. The molecule has 4 rings (SSSR count). The van der Waals surface area contributed by atoms with E-state index in [0.29, 0.717) is 18.9 Å². The van der Waals surface area contributed by atoms with E-state index >= 15 is 0 Å². The summed E-state index contributed by atoms with van der Waals surface area (Å²) in [4.78, 5) is 13.1. The lowest BCUT2D eigenvalue weighted by Crippen LogP contribution is -2.55. The third kappa shape index (κ3) is 4.11. The highest BCUT2D eigenvalue weighted by molar-refractivity contribution is 6.00. The Morgan fingerprint density at radius 3 is 2.23 bits per heavy atom. The maximum Gasteiger partial charge on any atom is 0.239 e. The van der Waals surface area contributed by atoms with Crippen molar-refractivity contribution in [3.05, 3.63) is 89.2 Å². The maximum absolute atomic E-state index is 13.2. The number of benzene rings is 3. The van der Waals surface area contributed by atoms with Crippen LogP contribution in [-0.2, 0) is 20.5 Å². The first-order chi connectivity index (χ1) is 14.7. The molecule has 1 amide bonds. The molecule has 0 saturated carbocycles. The van der Waals surface area contributed by atoms with Gasteiger partial charge in [-0.1, -0.05) is 48.0 Å². The van der Waals surface area contributed by atoms with Crippen molar-refractivity contribution in [3.63, 3.8) is 0 Å². The Kier molecular flexibility index (Phi) is 5.42. The highest BCUT2D eigenvalue weighted by Gasteiger charge is 2.47. The van der Waals surface area contributed by atoms with E-state index in [9.17, 15) is 14.3 Å². The van der Waals surface area contributed by atoms with Crippen LogP contribution in [0.15, 0.2) is 66.7 Å². The number of aryl methyl sites for hydroxylation is 1. The number of nitrogens with one attached hydrogen (secondary N) is 1. The minimum Gasteiger partial charge on any atom is -0.386 e. The van der Waals surface area contributed by atoms with Crippen molar-refractivity contribution >= 4 is 11.6 Å². The van der Waals surface area contributed by atoms with Crippen LogP contribution in [0.3, 0.4) is 0 Å². The number of amides is 1. The predicted octanol–water partition coefficient (Wildman–Crippen LogP) is 4.94. The second-order valence-corrected chi connectivity index (χ2v) is 8.72. The highest BCUT2D eigenvalue weighted by Crippen LogP contribution is 2.37. The first-order valence-electron chi connectivity index (χ1n) is 10.3. The molecular weight excluding hydrogens is 393 g/mol. The van der Waals surface area contributed by atoms with Crippen molar-refractivity contribution in [1.82, 2.24) is 0 Å². The summed E-state index contributed by atoms with van der Waals surface area (Å²) >= 11 is 0. The molecular formula is C26H26FNO3. The standard InChI is InChI=1S/C26H26FNO3/c1-17-4-13-22(23(14-17)25(2,3)30)18-5-7-19(8-6-18)26(15-31-16-26)24(29)28-21-11-9-20(27)10-12-21/h4-14,30H,15-16H2,1-3H3,(H,28,29). The molecule has 1 saturated heterocycles. The lowest BCUT2D eigenvalue weighted by Gasteiger charge is -2.40. The van der Waals surface area contributed by atoms with E-state index in [2.05, 4.69) is 5.32 Å². The van der Waals surface area contributed by atoms with Crippen molar-refractivity contribution in [1.29, 1.82) is 0 Å². The second-order valence-electron chi connectivity index (χ2n) is 8.72. The number of hydrogen-bond acceptors (Lipinski definition) is 3. The topological polar surface area (TPSA) is 58.6 Å². The SMILES string of the molecule is Cc1ccc(-c2ccc(C3(C(=O)Nc4ccc(F)cc4)COC3)cc2)c(C(C)(C)O)c1. The van der Waals surface area contributed by atoms with Gasteiger partial charge in [0.15, 0.2) is 0 Å². The van der Waals surface area contributed by atoms with Gasteiger partial charge in [-0.05, 0) is 67.3 Å². The van der Waals surface area contributed by atoms with Gasteiger partial charge in [-0.2, -0.15) is 0 Å². The summed E-state index contributed by atoms with van der Waals surface area (Å²) in [6.07, 6.45) is 0. The zero-order chi connectivity index (χ0) is 22.2. The fraction of sp³-hybridized carbons (Fsp3) is 0.269.